The zero-order valence-electron chi connectivity index (χ0n) is 81.9. The van der Waals surface area contributed by atoms with E-state index in [0.29, 0.717) is 174 Å². The minimum atomic E-state index is -1.36. The Bertz CT molecular complexity index is 5660. The summed E-state index contributed by atoms with van der Waals surface area (Å²) in [4.78, 5) is 128. The Hall–Kier alpha value is -16.0. The van der Waals surface area contributed by atoms with Crippen molar-refractivity contribution in [3.63, 3.8) is 0 Å². The van der Waals surface area contributed by atoms with Crippen LogP contribution in [-0.2, 0) is 193 Å². The van der Waals surface area contributed by atoms with Gasteiger partial charge in [-0.05, 0) is 387 Å². The zero-order valence-corrected chi connectivity index (χ0v) is 84.7. The molecule has 5 amide bonds. The quantitative estimate of drug-likeness (QED) is 0.0922. The van der Waals surface area contributed by atoms with Crippen molar-refractivity contribution in [3.8, 4) is 69.0 Å². The first-order valence-corrected chi connectivity index (χ1v) is 45.6. The second kappa shape index (κ2) is 51.2. The second-order valence-corrected chi connectivity index (χ2v) is 36.2. The molecular weight excluding hydrogens is 2060 g/mol. The fourth-order valence-corrected chi connectivity index (χ4v) is 16.6. The third-order valence-corrected chi connectivity index (χ3v) is 23.4. The van der Waals surface area contributed by atoms with Gasteiger partial charge >= 0.3 is 51.2 Å². The number of benzene rings is 12. The molecule has 12 aromatic rings. The summed E-state index contributed by atoms with van der Waals surface area (Å²) in [6, 6.07) is 51.9. The molecule has 2 aliphatic carbocycles. The van der Waals surface area contributed by atoms with Crippen LogP contribution in [0.5, 0.6) is 69.0 Å². The minimum absolute atomic E-state index is 0. The van der Waals surface area contributed by atoms with Gasteiger partial charge in [-0.3, -0.25) is 24.0 Å². The molecule has 0 fully saturated rings. The Morgan fingerprint density at radius 3 is 0.324 bits per heavy atom. The van der Waals surface area contributed by atoms with E-state index in [9.17, 15) is 83.4 Å². The molecule has 0 atom stereocenters. The summed E-state index contributed by atoms with van der Waals surface area (Å²) in [6.45, 7) is -0.194. The van der Waals surface area contributed by atoms with Crippen LogP contribution in [0.1, 0.15) is 196 Å². The minimum Gasteiger partial charge on any atom is -0.545 e. The first-order valence-electron chi connectivity index (χ1n) is 45.6. The number of carbonyl (C=O) groups is 11. The summed E-state index contributed by atoms with van der Waals surface area (Å²) in [7, 11) is 16.9. The van der Waals surface area contributed by atoms with Crippen LogP contribution < -0.4 is 87.5 Å². The van der Waals surface area contributed by atoms with Gasteiger partial charge in [0.25, 0.3) is 0 Å². The molecule has 6 heterocycles. The number of amides is 5. The number of hydrogen-bond acceptors (Lipinski definition) is 29. The van der Waals surface area contributed by atoms with E-state index in [-0.39, 0.29) is 164 Å². The van der Waals surface area contributed by atoms with Crippen molar-refractivity contribution in [2.75, 3.05) is 70.5 Å². The number of hydrogen-bond donors (Lipinski definition) is 0. The SMILES string of the molecule is CN(C)C=O.CN(C)C=O.CN(C)C=O.CN(C)C=O.CN(C)C=O.O=C([O-])c1cc2cc(c1)COc1cc3c4cc1OCc1cc(cc(C(=O)[O-])c1)COc1cc(c5cc1OCc1cc(cc(C(=O)[O-])c1)COc1cc(c(cc1OC2)C3)C5)C4.O=C([O-])c1cc2cc(c1)COc1cc3c4cc1OCc1cc(cc(C(=O)[O-])c1)COc1cc(c5cc1OCc1cc(cc(C(=O)[O-])c1)COc1cc(c(cc1OC2)C3)C5)C4.[Cu+2].[Cu+2].[Cu+2]. The molecule has 0 spiro atoms. The molecule has 777 valence electrons. The average molecular weight is 2160 g/mol. The summed E-state index contributed by atoms with van der Waals surface area (Å²) >= 11 is 0. The van der Waals surface area contributed by atoms with Gasteiger partial charge in [-0.15, -0.1) is 0 Å². The van der Waals surface area contributed by atoms with Crippen LogP contribution in [0.3, 0.4) is 0 Å². The van der Waals surface area contributed by atoms with Crippen molar-refractivity contribution < 1.29 is 191 Å². The topological polar surface area (TPSA) is 453 Å². The van der Waals surface area contributed by atoms with Gasteiger partial charge in [-0.2, -0.15) is 0 Å². The molecule has 12 aromatic carbocycles. The third-order valence-electron chi connectivity index (χ3n) is 23.4. The number of ether oxygens (including phenoxy) is 12. The Morgan fingerprint density at radius 2 is 0.257 bits per heavy atom. The van der Waals surface area contributed by atoms with Gasteiger partial charge in [-0.25, -0.2) is 0 Å². The van der Waals surface area contributed by atoms with Gasteiger partial charge in [-0.1, -0.05) is 0 Å². The number of nitrogens with zero attached hydrogens (tertiary/aromatic N) is 5. The van der Waals surface area contributed by atoms with Gasteiger partial charge in [0, 0.05) is 70.5 Å². The molecular formula is C111H101Cu3N5O29. The van der Waals surface area contributed by atoms with Gasteiger partial charge in [0.2, 0.25) is 32.1 Å². The van der Waals surface area contributed by atoms with Crippen molar-refractivity contribution in [3.05, 3.63) is 349 Å². The van der Waals surface area contributed by atoms with Crippen LogP contribution in [0.15, 0.2) is 182 Å². The van der Waals surface area contributed by atoms with Crippen molar-refractivity contribution in [1.82, 2.24) is 24.5 Å². The van der Waals surface area contributed by atoms with Gasteiger partial charge < -0.3 is 141 Å². The van der Waals surface area contributed by atoms with Gasteiger partial charge in [0.05, 0.1) is 35.8 Å². The normalized spacial score (nSPS) is 13.0. The van der Waals surface area contributed by atoms with E-state index in [1.165, 1.54) is 97.3 Å². The zero-order chi connectivity index (χ0) is 104. The number of carbonyl (C=O) groups excluding carboxylic acids is 11. The van der Waals surface area contributed by atoms with Crippen molar-refractivity contribution in [1.29, 1.82) is 0 Å². The average Bonchev–Trinajstić information content (AvgIpc) is 1.60. The molecule has 0 aromatic heterocycles. The monoisotopic (exact) mass is 2160 g/mol. The van der Waals surface area contributed by atoms with Gasteiger partial charge in [0.1, 0.15) is 79.3 Å². The van der Waals surface area contributed by atoms with Crippen LogP contribution in [0, 0.1) is 0 Å². The van der Waals surface area contributed by atoms with Crippen LogP contribution in [0.4, 0.5) is 0 Å². The maximum atomic E-state index is 12.2. The van der Waals surface area contributed by atoms with E-state index >= 15 is 0 Å². The largest absolute Gasteiger partial charge is 2.00 e. The summed E-state index contributed by atoms with van der Waals surface area (Å²) in [6.07, 6.45) is 6.54. The summed E-state index contributed by atoms with van der Waals surface area (Å²) in [5.74, 6) is -3.19. The van der Waals surface area contributed by atoms with Crippen molar-refractivity contribution >= 4 is 67.9 Å². The van der Waals surface area contributed by atoms with E-state index in [0.717, 1.165) is 98.8 Å². The fraction of sp³-hybridized carbons (Fsp3) is 0.252. The standard InChI is InChI=1S/2C48H36O12.5C3H7NO.3Cu/c2*49-46(50)37-4-25-1-26(5-37)20-56-41-14-32-10-31-13-40(55-19-25)42-15-33(31)11-35-17-44(59-23-29-2-27(21-57-42)6-38(8-29)47(51)52)45-18-36(35)12-34(32)16-43(41)58-22-28-3-30(24-60-45)9-39(7-28)48(53)54;5*1-4(2)3-5;;;/h2*1-9,13-18H,10-12,19-24H2,(H,49,50)(H,51,52)(H,53,54);5*3H,1-2H3;;;/q;;;;;;;3*+2/p-6. The van der Waals surface area contributed by atoms with Crippen LogP contribution >= 0.6 is 0 Å². The third kappa shape index (κ3) is 29.7. The first-order chi connectivity index (χ1) is 69.5. The Labute approximate surface area is 884 Å². The molecule has 0 saturated heterocycles. The van der Waals surface area contributed by atoms with Crippen LogP contribution in [-0.4, -0.2) is 163 Å². The molecule has 6 aliphatic heterocycles. The summed E-state index contributed by atoms with van der Waals surface area (Å²) in [5, 5.41) is 73.2. The number of fused-ring (bicyclic) bond motifs is 30. The second-order valence-electron chi connectivity index (χ2n) is 36.2. The molecule has 0 N–H and O–H groups in total. The predicted molar refractivity (Wildman–Crippen MR) is 511 cm³/mol. The van der Waals surface area contributed by atoms with E-state index in [2.05, 4.69) is 0 Å². The Kier molecular flexibility index (Phi) is 38.8. The number of rotatable bonds is 11. The molecule has 0 unspecified atom stereocenters. The molecule has 37 heteroatoms. The number of carboxylic acids is 6. The fourth-order valence-electron chi connectivity index (χ4n) is 16.6. The van der Waals surface area contributed by atoms with E-state index in [1.54, 1.807) is 107 Å². The molecule has 36 bridgehead atoms. The van der Waals surface area contributed by atoms with Crippen molar-refractivity contribution in [2.24, 2.45) is 0 Å². The number of aromatic carboxylic acids is 6. The van der Waals surface area contributed by atoms with Gasteiger partial charge in [0.15, 0.2) is 69.0 Å². The predicted octanol–water partition coefficient (Wildman–Crippen LogP) is 7.07. The van der Waals surface area contributed by atoms with Crippen LogP contribution in [0.25, 0.3) is 0 Å². The molecule has 8 aliphatic rings. The molecule has 148 heavy (non-hydrogen) atoms. The maximum absolute atomic E-state index is 12.2. The molecule has 20 rings (SSSR count). The first kappa shape index (κ1) is 112. The smallest absolute Gasteiger partial charge is 0.545 e. The molecule has 0 saturated carbocycles. The van der Waals surface area contributed by atoms with Crippen molar-refractivity contribution in [2.45, 2.75) is 118 Å². The number of carboxylic acid groups (broad SMARTS) is 6. The van der Waals surface area contributed by atoms with E-state index in [1.807, 2.05) is 72.8 Å². The van der Waals surface area contributed by atoms with E-state index in [4.69, 9.17) is 56.8 Å². The maximum Gasteiger partial charge on any atom is 2.00 e. The molecule has 3 radical (unpaired) electrons. The molecule has 34 nitrogen and oxygen atoms in total. The Morgan fingerprint density at radius 1 is 0.176 bits per heavy atom. The summed E-state index contributed by atoms with van der Waals surface area (Å²) < 4.78 is 77.7. The van der Waals surface area contributed by atoms with Crippen LogP contribution in [0.2, 0.25) is 0 Å². The Balaban J connectivity index is 0.000000225. The van der Waals surface area contributed by atoms with E-state index < -0.39 is 35.8 Å². The summed E-state index contributed by atoms with van der Waals surface area (Å²) in [5.41, 5.74) is 17.6.